The smallest absolute Gasteiger partial charge is 0.318 e. The first-order chi connectivity index (χ1) is 8.66. The Bertz CT molecular complexity index is 543. The molecule has 0 aromatic carbocycles. The van der Waals surface area contributed by atoms with Crippen molar-refractivity contribution >= 4 is 16.0 Å². The Kier molecular flexibility index (Phi) is 4.70. The van der Waals surface area contributed by atoms with Crippen molar-refractivity contribution in [1.82, 2.24) is 14.5 Å². The Balaban J connectivity index is 3.23. The van der Waals surface area contributed by atoms with E-state index in [1.54, 1.807) is 13.8 Å². The average molecular weight is 289 g/mol. The minimum Gasteiger partial charge on any atom is -0.480 e. The van der Waals surface area contributed by atoms with Gasteiger partial charge in [-0.3, -0.25) is 9.89 Å². The van der Waals surface area contributed by atoms with E-state index in [0.29, 0.717) is 11.4 Å². The quantitative estimate of drug-likeness (QED) is 0.804. The molecular formula is C11H19N3O4S. The van der Waals surface area contributed by atoms with Crippen LogP contribution < -0.4 is 0 Å². The molecule has 1 heterocycles. The molecule has 0 aliphatic carbocycles. The molecule has 0 amide bonds. The largest absolute Gasteiger partial charge is 0.480 e. The summed E-state index contributed by atoms with van der Waals surface area (Å²) < 4.78 is 26.0. The number of sulfonamides is 1. The zero-order chi connectivity index (χ0) is 14.8. The SMILES string of the molecule is Cc1n[nH]c(C)c1S(=O)(=O)N(CC(=O)O)CC(C)C. The molecule has 2 N–H and O–H groups in total. The fourth-order valence-corrected chi connectivity index (χ4v) is 3.74. The van der Waals surface area contributed by atoms with Crippen LogP contribution in [0, 0.1) is 19.8 Å². The first kappa shape index (κ1) is 15.6. The maximum Gasteiger partial charge on any atom is 0.318 e. The van der Waals surface area contributed by atoms with Gasteiger partial charge in [-0.15, -0.1) is 0 Å². The number of nitrogens with one attached hydrogen (secondary N) is 1. The molecule has 0 aliphatic rings. The van der Waals surface area contributed by atoms with Crippen LogP contribution in [0.25, 0.3) is 0 Å². The van der Waals surface area contributed by atoms with Crippen LogP contribution >= 0.6 is 0 Å². The highest BCUT2D eigenvalue weighted by Gasteiger charge is 2.31. The number of hydrogen-bond donors (Lipinski definition) is 2. The second-order valence-electron chi connectivity index (χ2n) is 4.85. The highest BCUT2D eigenvalue weighted by atomic mass is 32.2. The van der Waals surface area contributed by atoms with Crippen LogP contribution in [0.15, 0.2) is 4.90 Å². The molecular weight excluding hydrogens is 270 g/mol. The summed E-state index contributed by atoms with van der Waals surface area (Å²) in [7, 11) is -3.85. The van der Waals surface area contributed by atoms with Gasteiger partial charge in [-0.05, 0) is 19.8 Å². The maximum atomic E-state index is 12.5. The van der Waals surface area contributed by atoms with Crippen molar-refractivity contribution in [3.05, 3.63) is 11.4 Å². The van der Waals surface area contributed by atoms with Crippen LogP contribution in [-0.4, -0.2) is 47.1 Å². The minimum atomic E-state index is -3.85. The van der Waals surface area contributed by atoms with Crippen LogP contribution in [0.5, 0.6) is 0 Å². The summed E-state index contributed by atoms with van der Waals surface area (Å²) in [6, 6.07) is 0. The van der Waals surface area contributed by atoms with Crippen LogP contribution in [0.3, 0.4) is 0 Å². The first-order valence-electron chi connectivity index (χ1n) is 5.89. The minimum absolute atomic E-state index is 0.0293. The molecule has 8 heteroatoms. The number of carbonyl (C=O) groups is 1. The normalized spacial score (nSPS) is 12.3. The van der Waals surface area contributed by atoms with Crippen molar-refractivity contribution in [2.75, 3.05) is 13.1 Å². The van der Waals surface area contributed by atoms with Gasteiger partial charge in [-0.25, -0.2) is 8.42 Å². The summed E-state index contributed by atoms with van der Waals surface area (Å²) >= 11 is 0. The van der Waals surface area contributed by atoms with Crippen molar-refractivity contribution in [2.24, 2.45) is 5.92 Å². The topological polar surface area (TPSA) is 103 Å². The Hall–Kier alpha value is -1.41. The standard InChI is InChI=1S/C11H19N3O4S/c1-7(2)5-14(6-10(15)16)19(17,18)11-8(3)12-13-9(11)4/h7H,5-6H2,1-4H3,(H,12,13)(H,15,16). The third-order valence-corrected chi connectivity index (χ3v) is 4.61. The van der Waals surface area contributed by atoms with Crippen molar-refractivity contribution in [3.8, 4) is 0 Å². The number of aromatic nitrogens is 2. The van der Waals surface area contributed by atoms with E-state index in [0.717, 1.165) is 4.31 Å². The van der Waals surface area contributed by atoms with Crippen LogP contribution in [0.1, 0.15) is 25.2 Å². The van der Waals surface area contributed by atoms with Gasteiger partial charge in [0.15, 0.2) is 0 Å². The summed E-state index contributed by atoms with van der Waals surface area (Å²) in [6.45, 7) is 6.44. The lowest BCUT2D eigenvalue weighted by molar-refractivity contribution is -0.137. The number of aryl methyl sites for hydroxylation is 2. The van der Waals surface area contributed by atoms with E-state index in [1.807, 2.05) is 13.8 Å². The fourth-order valence-electron chi connectivity index (χ4n) is 1.86. The van der Waals surface area contributed by atoms with Gasteiger partial charge in [0.25, 0.3) is 0 Å². The third-order valence-electron chi connectivity index (χ3n) is 2.54. The summed E-state index contributed by atoms with van der Waals surface area (Å²) in [5.41, 5.74) is 0.758. The molecule has 1 aromatic heterocycles. The molecule has 0 fully saturated rings. The summed E-state index contributed by atoms with van der Waals surface area (Å²) in [6.07, 6.45) is 0. The lowest BCUT2D eigenvalue weighted by atomic mass is 10.2. The van der Waals surface area contributed by atoms with E-state index in [4.69, 9.17) is 5.11 Å². The van der Waals surface area contributed by atoms with Gasteiger partial charge in [-0.1, -0.05) is 13.8 Å². The lowest BCUT2D eigenvalue weighted by Crippen LogP contribution is -2.38. The number of aromatic amines is 1. The molecule has 0 saturated heterocycles. The summed E-state index contributed by atoms with van der Waals surface area (Å²) in [5.74, 6) is -1.15. The van der Waals surface area contributed by atoms with Gasteiger partial charge in [0.05, 0.1) is 11.4 Å². The molecule has 7 nitrogen and oxygen atoms in total. The number of aliphatic carboxylic acids is 1. The van der Waals surface area contributed by atoms with E-state index in [2.05, 4.69) is 10.2 Å². The lowest BCUT2D eigenvalue weighted by Gasteiger charge is -2.22. The molecule has 0 bridgehead atoms. The van der Waals surface area contributed by atoms with Crippen LogP contribution in [0.2, 0.25) is 0 Å². The zero-order valence-electron chi connectivity index (χ0n) is 11.5. The van der Waals surface area contributed by atoms with Gasteiger partial charge >= 0.3 is 5.97 Å². The summed E-state index contributed by atoms with van der Waals surface area (Å²) in [5, 5.41) is 15.3. The highest BCUT2D eigenvalue weighted by Crippen LogP contribution is 2.22. The summed E-state index contributed by atoms with van der Waals surface area (Å²) in [4.78, 5) is 10.9. The number of H-pyrrole nitrogens is 1. The molecule has 1 rings (SSSR count). The van der Waals surface area contributed by atoms with Crippen molar-refractivity contribution in [1.29, 1.82) is 0 Å². The van der Waals surface area contributed by atoms with E-state index in [9.17, 15) is 13.2 Å². The molecule has 19 heavy (non-hydrogen) atoms. The molecule has 0 radical (unpaired) electrons. The molecule has 0 unspecified atom stereocenters. The van der Waals surface area contributed by atoms with E-state index >= 15 is 0 Å². The van der Waals surface area contributed by atoms with Crippen molar-refractivity contribution in [3.63, 3.8) is 0 Å². The van der Waals surface area contributed by atoms with Crippen molar-refractivity contribution < 1.29 is 18.3 Å². The average Bonchev–Trinajstić information content (AvgIpc) is 2.56. The highest BCUT2D eigenvalue weighted by molar-refractivity contribution is 7.89. The van der Waals surface area contributed by atoms with Crippen molar-refractivity contribution in [2.45, 2.75) is 32.6 Å². The maximum absolute atomic E-state index is 12.5. The number of carboxylic acids is 1. The molecule has 1 aromatic rings. The second-order valence-corrected chi connectivity index (χ2v) is 6.72. The van der Waals surface area contributed by atoms with Gasteiger partial charge in [0.1, 0.15) is 11.4 Å². The van der Waals surface area contributed by atoms with E-state index in [1.165, 1.54) is 0 Å². The first-order valence-corrected chi connectivity index (χ1v) is 7.33. The van der Waals surface area contributed by atoms with E-state index < -0.39 is 22.5 Å². The molecule has 0 atom stereocenters. The number of nitrogens with zero attached hydrogens (tertiary/aromatic N) is 2. The Morgan fingerprint density at radius 1 is 1.42 bits per heavy atom. The number of hydrogen-bond acceptors (Lipinski definition) is 4. The Labute approximate surface area is 112 Å². The third kappa shape index (κ3) is 3.54. The molecule has 108 valence electrons. The second kappa shape index (κ2) is 5.70. The van der Waals surface area contributed by atoms with E-state index in [-0.39, 0.29) is 17.4 Å². The number of carboxylic acid groups (broad SMARTS) is 1. The monoisotopic (exact) mass is 289 g/mol. The molecule has 0 spiro atoms. The van der Waals surface area contributed by atoms with Gasteiger partial charge in [0.2, 0.25) is 10.0 Å². The van der Waals surface area contributed by atoms with Gasteiger partial charge in [-0.2, -0.15) is 9.40 Å². The Morgan fingerprint density at radius 2 is 2.00 bits per heavy atom. The number of rotatable bonds is 6. The Morgan fingerprint density at radius 3 is 2.37 bits per heavy atom. The zero-order valence-corrected chi connectivity index (χ0v) is 12.3. The van der Waals surface area contributed by atoms with Crippen LogP contribution in [-0.2, 0) is 14.8 Å². The molecule has 0 saturated carbocycles. The van der Waals surface area contributed by atoms with Crippen LogP contribution in [0.4, 0.5) is 0 Å². The van der Waals surface area contributed by atoms with Gasteiger partial charge < -0.3 is 5.11 Å². The van der Waals surface area contributed by atoms with Gasteiger partial charge in [0, 0.05) is 6.54 Å². The fraction of sp³-hybridized carbons (Fsp3) is 0.636. The predicted octanol–water partition coefficient (Wildman–Crippen LogP) is 0.758. The predicted molar refractivity (Wildman–Crippen MR) is 69.3 cm³/mol. The molecule has 0 aliphatic heterocycles.